The van der Waals surface area contributed by atoms with E-state index in [1.807, 2.05) is 24.3 Å². The Morgan fingerprint density at radius 2 is 1.43 bits per heavy atom. The van der Waals surface area contributed by atoms with Crippen molar-refractivity contribution in [1.82, 2.24) is 0 Å². The Kier molecular flexibility index (Phi) is 4.81. The summed E-state index contributed by atoms with van der Waals surface area (Å²) in [7, 11) is 1.32. The zero-order chi connectivity index (χ0) is 19.5. The van der Waals surface area contributed by atoms with Gasteiger partial charge in [-0.1, -0.05) is 48.5 Å². The van der Waals surface area contributed by atoms with E-state index in [1.165, 1.54) is 29.4 Å². The molecule has 0 saturated heterocycles. The van der Waals surface area contributed by atoms with Gasteiger partial charge < -0.3 is 9.47 Å². The van der Waals surface area contributed by atoms with E-state index < -0.39 is 12.1 Å². The molecule has 1 N–H and O–H groups in total. The first-order chi connectivity index (χ1) is 13.7. The van der Waals surface area contributed by atoms with Crippen molar-refractivity contribution >= 4 is 17.7 Å². The molecule has 5 nitrogen and oxygen atoms in total. The second-order valence-electron chi connectivity index (χ2n) is 6.52. The van der Waals surface area contributed by atoms with Crippen LogP contribution in [0.3, 0.4) is 0 Å². The van der Waals surface area contributed by atoms with Gasteiger partial charge in [0.05, 0.1) is 12.7 Å². The number of benzene rings is 3. The fourth-order valence-corrected chi connectivity index (χ4v) is 3.56. The molecular formula is C23H19NO4. The highest BCUT2D eigenvalue weighted by Crippen LogP contribution is 2.44. The third-order valence-electron chi connectivity index (χ3n) is 4.90. The van der Waals surface area contributed by atoms with Gasteiger partial charge in [-0.25, -0.2) is 9.59 Å². The molecule has 0 radical (unpaired) electrons. The van der Waals surface area contributed by atoms with Gasteiger partial charge in [-0.2, -0.15) is 0 Å². The zero-order valence-corrected chi connectivity index (χ0v) is 15.3. The largest absolute Gasteiger partial charge is 0.465 e. The lowest BCUT2D eigenvalue weighted by Crippen LogP contribution is -2.18. The Bertz CT molecular complexity index is 981. The Morgan fingerprint density at radius 1 is 0.857 bits per heavy atom. The van der Waals surface area contributed by atoms with Crippen molar-refractivity contribution in [3.63, 3.8) is 0 Å². The first kappa shape index (κ1) is 17.8. The Morgan fingerprint density at radius 3 is 2.00 bits per heavy atom. The lowest BCUT2D eigenvalue weighted by molar-refractivity contribution is 0.0600. The van der Waals surface area contributed by atoms with E-state index in [1.54, 1.807) is 24.3 Å². The smallest absolute Gasteiger partial charge is 0.411 e. The van der Waals surface area contributed by atoms with Crippen LogP contribution in [0, 0.1) is 0 Å². The van der Waals surface area contributed by atoms with E-state index in [9.17, 15) is 9.59 Å². The number of anilines is 1. The van der Waals surface area contributed by atoms with Gasteiger partial charge in [-0.05, 0) is 46.5 Å². The lowest BCUT2D eigenvalue weighted by Gasteiger charge is -2.14. The predicted molar refractivity (Wildman–Crippen MR) is 106 cm³/mol. The van der Waals surface area contributed by atoms with Gasteiger partial charge in [0, 0.05) is 11.6 Å². The van der Waals surface area contributed by atoms with E-state index >= 15 is 0 Å². The SMILES string of the molecule is COC(=O)c1ccc(NC(=O)OCC2c3ccccc3-c3ccccc32)cc1. The van der Waals surface area contributed by atoms with Crippen LogP contribution >= 0.6 is 0 Å². The summed E-state index contributed by atoms with van der Waals surface area (Å²) in [5.41, 5.74) is 5.67. The lowest BCUT2D eigenvalue weighted by atomic mass is 9.98. The fraction of sp³-hybridized carbons (Fsp3) is 0.130. The van der Waals surface area contributed by atoms with Crippen molar-refractivity contribution in [2.24, 2.45) is 0 Å². The Labute approximate surface area is 162 Å². The van der Waals surface area contributed by atoms with Crippen LogP contribution in [-0.4, -0.2) is 25.8 Å². The molecular weight excluding hydrogens is 354 g/mol. The summed E-state index contributed by atoms with van der Waals surface area (Å²) in [5, 5.41) is 2.68. The van der Waals surface area contributed by atoms with E-state index in [4.69, 9.17) is 4.74 Å². The van der Waals surface area contributed by atoms with Gasteiger partial charge in [0.25, 0.3) is 0 Å². The molecule has 4 rings (SSSR count). The van der Waals surface area contributed by atoms with Crippen molar-refractivity contribution in [3.8, 4) is 11.1 Å². The van der Waals surface area contributed by atoms with Gasteiger partial charge in [-0.3, -0.25) is 5.32 Å². The highest BCUT2D eigenvalue weighted by atomic mass is 16.5. The first-order valence-corrected chi connectivity index (χ1v) is 8.98. The summed E-state index contributed by atoms with van der Waals surface area (Å²) in [6.07, 6.45) is -0.535. The maximum absolute atomic E-state index is 12.2. The summed E-state index contributed by atoms with van der Waals surface area (Å²) in [4.78, 5) is 23.7. The quantitative estimate of drug-likeness (QED) is 0.665. The molecule has 1 aliphatic carbocycles. The number of fused-ring (bicyclic) bond motifs is 3. The van der Waals surface area contributed by atoms with Crippen LogP contribution in [-0.2, 0) is 9.47 Å². The van der Waals surface area contributed by atoms with Crippen molar-refractivity contribution in [2.45, 2.75) is 5.92 Å². The van der Waals surface area contributed by atoms with Gasteiger partial charge in [0.15, 0.2) is 0 Å². The topological polar surface area (TPSA) is 64.6 Å². The molecule has 0 fully saturated rings. The minimum absolute atomic E-state index is 0.0138. The van der Waals surface area contributed by atoms with E-state index in [0.29, 0.717) is 11.3 Å². The van der Waals surface area contributed by atoms with Crippen molar-refractivity contribution in [3.05, 3.63) is 89.5 Å². The minimum atomic E-state index is -0.535. The highest BCUT2D eigenvalue weighted by molar-refractivity contribution is 5.91. The van der Waals surface area contributed by atoms with Gasteiger partial charge >= 0.3 is 12.1 Å². The molecule has 3 aromatic rings. The molecule has 0 atom stereocenters. The fourth-order valence-electron chi connectivity index (χ4n) is 3.56. The number of rotatable bonds is 4. The molecule has 0 heterocycles. The van der Waals surface area contributed by atoms with Gasteiger partial charge in [0.2, 0.25) is 0 Å². The van der Waals surface area contributed by atoms with Gasteiger partial charge in [0.1, 0.15) is 6.61 Å². The zero-order valence-electron chi connectivity index (χ0n) is 15.3. The predicted octanol–water partition coefficient (Wildman–Crippen LogP) is 4.83. The molecule has 1 aliphatic rings. The molecule has 1 amide bonds. The number of carbonyl (C=O) groups is 2. The minimum Gasteiger partial charge on any atom is -0.465 e. The van der Waals surface area contributed by atoms with Crippen LogP contribution in [0.5, 0.6) is 0 Å². The molecule has 3 aromatic carbocycles. The maximum atomic E-state index is 12.2. The van der Waals surface area contributed by atoms with Crippen molar-refractivity contribution < 1.29 is 19.1 Å². The molecule has 0 saturated carbocycles. The molecule has 0 aromatic heterocycles. The van der Waals surface area contributed by atoms with Gasteiger partial charge in [-0.15, -0.1) is 0 Å². The number of carbonyl (C=O) groups excluding carboxylic acids is 2. The molecule has 0 unspecified atom stereocenters. The summed E-state index contributed by atoms with van der Waals surface area (Å²) in [6.45, 7) is 0.250. The summed E-state index contributed by atoms with van der Waals surface area (Å²) in [5.74, 6) is -0.410. The highest BCUT2D eigenvalue weighted by Gasteiger charge is 2.28. The Hall–Kier alpha value is -3.60. The number of ether oxygens (including phenoxy) is 2. The van der Waals surface area contributed by atoms with E-state index in [2.05, 4.69) is 34.3 Å². The summed E-state index contributed by atoms with van der Waals surface area (Å²) in [6, 6.07) is 22.8. The first-order valence-electron chi connectivity index (χ1n) is 8.98. The van der Waals surface area contributed by atoms with Crippen LogP contribution < -0.4 is 5.32 Å². The monoisotopic (exact) mass is 373 g/mol. The van der Waals surface area contributed by atoms with E-state index in [0.717, 1.165) is 0 Å². The van der Waals surface area contributed by atoms with Crippen molar-refractivity contribution in [1.29, 1.82) is 0 Å². The number of esters is 1. The molecule has 140 valence electrons. The molecule has 0 bridgehead atoms. The van der Waals surface area contributed by atoms with Crippen LogP contribution in [0.25, 0.3) is 11.1 Å². The summed E-state index contributed by atoms with van der Waals surface area (Å²) < 4.78 is 10.2. The van der Waals surface area contributed by atoms with E-state index in [-0.39, 0.29) is 12.5 Å². The average Bonchev–Trinajstić information content (AvgIpc) is 3.06. The van der Waals surface area contributed by atoms with Crippen LogP contribution in [0.4, 0.5) is 10.5 Å². The molecule has 0 aliphatic heterocycles. The molecule has 5 heteroatoms. The number of nitrogens with one attached hydrogen (secondary N) is 1. The van der Waals surface area contributed by atoms with Crippen LogP contribution in [0.2, 0.25) is 0 Å². The second-order valence-corrected chi connectivity index (χ2v) is 6.52. The third kappa shape index (κ3) is 3.34. The van der Waals surface area contributed by atoms with Crippen molar-refractivity contribution in [2.75, 3.05) is 19.0 Å². The number of hydrogen-bond acceptors (Lipinski definition) is 4. The average molecular weight is 373 g/mol. The normalized spacial score (nSPS) is 12.0. The number of methoxy groups -OCH3 is 1. The molecule has 28 heavy (non-hydrogen) atoms. The maximum Gasteiger partial charge on any atom is 0.411 e. The third-order valence-corrected chi connectivity index (χ3v) is 4.90. The number of hydrogen-bond donors (Lipinski definition) is 1. The summed E-state index contributed by atoms with van der Waals surface area (Å²) >= 11 is 0. The standard InChI is InChI=1S/C23H19NO4/c1-27-22(25)15-10-12-16(13-11-15)24-23(26)28-14-21-19-8-4-2-6-17(19)18-7-3-5-9-20(18)21/h2-13,21H,14H2,1H3,(H,24,26). The van der Waals surface area contributed by atoms with Crippen LogP contribution in [0.15, 0.2) is 72.8 Å². The molecule has 0 spiro atoms. The van der Waals surface area contributed by atoms with Crippen LogP contribution in [0.1, 0.15) is 27.4 Å². The number of amides is 1. The Balaban J connectivity index is 1.43. The second kappa shape index (κ2) is 7.56.